The molecule has 0 radical (unpaired) electrons. The molecule has 0 amide bonds. The van der Waals surface area contributed by atoms with Gasteiger partial charge in [-0.1, -0.05) is 11.6 Å². The fourth-order valence-corrected chi connectivity index (χ4v) is 2.19. The minimum absolute atomic E-state index is 0.0912. The minimum atomic E-state index is -0.819. The maximum atomic E-state index is 11.6. The summed E-state index contributed by atoms with van der Waals surface area (Å²) >= 11 is 5.94. The second kappa shape index (κ2) is 4.37. The number of anilines is 1. The summed E-state index contributed by atoms with van der Waals surface area (Å²) < 4.78 is 1.15. The van der Waals surface area contributed by atoms with Crippen LogP contribution in [0.15, 0.2) is 11.0 Å². The molecule has 1 unspecified atom stereocenters. The van der Waals surface area contributed by atoms with Gasteiger partial charge in [-0.05, 0) is 6.42 Å². The van der Waals surface area contributed by atoms with Gasteiger partial charge in [0.25, 0.3) is 5.56 Å². The Kier molecular flexibility index (Phi) is 3.06. The Hall–Kier alpha value is -1.56. The van der Waals surface area contributed by atoms with Gasteiger partial charge in [0.05, 0.1) is 17.8 Å². The van der Waals surface area contributed by atoms with Crippen LogP contribution in [-0.2, 0) is 11.8 Å². The summed E-state index contributed by atoms with van der Waals surface area (Å²) in [6.07, 6.45) is 2.05. The van der Waals surface area contributed by atoms with Crippen molar-refractivity contribution in [3.63, 3.8) is 0 Å². The number of aliphatic carboxylic acids is 1. The zero-order valence-corrected chi connectivity index (χ0v) is 10.0. The Morgan fingerprint density at radius 2 is 2.35 bits per heavy atom. The van der Waals surface area contributed by atoms with E-state index >= 15 is 0 Å². The molecular formula is C10H12ClN3O3. The van der Waals surface area contributed by atoms with E-state index in [-0.39, 0.29) is 10.6 Å². The topological polar surface area (TPSA) is 75.4 Å². The Morgan fingerprint density at radius 3 is 2.94 bits per heavy atom. The van der Waals surface area contributed by atoms with Crippen molar-refractivity contribution in [1.29, 1.82) is 0 Å². The lowest BCUT2D eigenvalue weighted by molar-refractivity contribution is -0.140. The first-order valence-corrected chi connectivity index (χ1v) is 5.58. The predicted molar refractivity (Wildman–Crippen MR) is 62.4 cm³/mol. The number of halogens is 1. The van der Waals surface area contributed by atoms with Crippen molar-refractivity contribution in [1.82, 2.24) is 9.78 Å². The molecule has 0 bridgehead atoms. The molecule has 1 fully saturated rings. The van der Waals surface area contributed by atoms with Crippen LogP contribution < -0.4 is 10.5 Å². The third-order valence-electron chi connectivity index (χ3n) is 2.94. The summed E-state index contributed by atoms with van der Waals surface area (Å²) in [6, 6.07) is 0. The minimum Gasteiger partial charge on any atom is -0.481 e. The smallest absolute Gasteiger partial charge is 0.308 e. The van der Waals surface area contributed by atoms with E-state index in [1.165, 1.54) is 13.2 Å². The highest BCUT2D eigenvalue weighted by molar-refractivity contribution is 6.33. The van der Waals surface area contributed by atoms with Gasteiger partial charge in [-0.15, -0.1) is 0 Å². The maximum Gasteiger partial charge on any atom is 0.308 e. The fraction of sp³-hybridized carbons (Fsp3) is 0.500. The molecule has 6 nitrogen and oxygen atoms in total. The molecule has 1 aliphatic rings. The Morgan fingerprint density at radius 1 is 1.65 bits per heavy atom. The first-order valence-electron chi connectivity index (χ1n) is 5.20. The van der Waals surface area contributed by atoms with Crippen molar-refractivity contribution in [3.8, 4) is 0 Å². The zero-order valence-electron chi connectivity index (χ0n) is 9.26. The lowest BCUT2D eigenvalue weighted by Crippen LogP contribution is -2.27. The molecule has 2 heterocycles. The van der Waals surface area contributed by atoms with Crippen molar-refractivity contribution in [2.75, 3.05) is 18.0 Å². The highest BCUT2D eigenvalue weighted by Crippen LogP contribution is 2.27. The van der Waals surface area contributed by atoms with Crippen molar-refractivity contribution in [2.45, 2.75) is 6.42 Å². The van der Waals surface area contributed by atoms with Crippen molar-refractivity contribution in [3.05, 3.63) is 21.6 Å². The molecule has 1 atom stereocenters. The van der Waals surface area contributed by atoms with Crippen LogP contribution >= 0.6 is 11.6 Å². The zero-order chi connectivity index (χ0) is 12.6. The van der Waals surface area contributed by atoms with E-state index in [0.29, 0.717) is 25.2 Å². The fourth-order valence-electron chi connectivity index (χ4n) is 1.90. The predicted octanol–water partition coefficient (Wildman–Crippen LogP) is 0.345. The first kappa shape index (κ1) is 11.9. The van der Waals surface area contributed by atoms with Crippen LogP contribution in [0, 0.1) is 5.92 Å². The molecule has 1 saturated heterocycles. The van der Waals surface area contributed by atoms with Gasteiger partial charge in [0.1, 0.15) is 5.02 Å². The van der Waals surface area contributed by atoms with Gasteiger partial charge in [0, 0.05) is 20.1 Å². The first-order chi connectivity index (χ1) is 8.00. The number of rotatable bonds is 2. The molecular weight excluding hydrogens is 246 g/mol. The SMILES string of the molecule is Cn1ncc(N2CCC(C(=O)O)C2)c(Cl)c1=O. The van der Waals surface area contributed by atoms with Gasteiger partial charge in [-0.2, -0.15) is 5.10 Å². The molecule has 0 saturated carbocycles. The van der Waals surface area contributed by atoms with Gasteiger partial charge in [0.2, 0.25) is 0 Å². The van der Waals surface area contributed by atoms with E-state index in [4.69, 9.17) is 16.7 Å². The van der Waals surface area contributed by atoms with Crippen molar-refractivity contribution < 1.29 is 9.90 Å². The molecule has 92 valence electrons. The number of aryl methyl sites for hydroxylation is 1. The van der Waals surface area contributed by atoms with Gasteiger partial charge in [-0.3, -0.25) is 9.59 Å². The molecule has 1 aromatic heterocycles. The summed E-state index contributed by atoms with van der Waals surface area (Å²) in [6.45, 7) is 0.940. The molecule has 2 rings (SSSR count). The molecule has 0 aliphatic carbocycles. The molecule has 1 aliphatic heterocycles. The molecule has 1 N–H and O–H groups in total. The van der Waals surface area contributed by atoms with E-state index in [2.05, 4.69) is 5.10 Å². The van der Waals surface area contributed by atoms with Crippen LogP contribution in [0.2, 0.25) is 5.02 Å². The quantitative estimate of drug-likeness (QED) is 0.827. The largest absolute Gasteiger partial charge is 0.481 e. The summed E-state index contributed by atoms with van der Waals surface area (Å²) in [4.78, 5) is 24.2. The standard InChI is InChI=1S/C10H12ClN3O3/c1-13-9(15)8(11)7(4-12-13)14-3-2-6(5-14)10(16)17/h4,6H,2-3,5H2,1H3,(H,16,17). The molecule has 0 aromatic carbocycles. The molecule has 1 aromatic rings. The molecule has 7 heteroatoms. The van der Waals surface area contributed by atoms with Crippen LogP contribution in [0.5, 0.6) is 0 Å². The number of carboxylic acids is 1. The monoisotopic (exact) mass is 257 g/mol. The Labute approximate surface area is 102 Å². The van der Waals surface area contributed by atoms with Crippen molar-refractivity contribution in [2.24, 2.45) is 13.0 Å². The average Bonchev–Trinajstić information content (AvgIpc) is 2.75. The number of carboxylic acid groups (broad SMARTS) is 1. The van der Waals surface area contributed by atoms with Crippen LogP contribution in [0.25, 0.3) is 0 Å². The summed E-state index contributed by atoms with van der Waals surface area (Å²) in [5, 5.41) is 12.9. The normalized spacial score (nSPS) is 19.6. The average molecular weight is 258 g/mol. The van der Waals surface area contributed by atoms with E-state index in [1.807, 2.05) is 0 Å². The van der Waals surface area contributed by atoms with Crippen LogP contribution in [0.4, 0.5) is 5.69 Å². The van der Waals surface area contributed by atoms with Crippen LogP contribution in [0.1, 0.15) is 6.42 Å². The summed E-state index contributed by atoms with van der Waals surface area (Å²) in [5.41, 5.74) is 0.140. The Bertz CT molecular complexity index is 514. The van der Waals surface area contributed by atoms with E-state index < -0.39 is 11.9 Å². The van der Waals surface area contributed by atoms with Gasteiger partial charge >= 0.3 is 5.97 Å². The number of carbonyl (C=O) groups is 1. The second-order valence-electron chi connectivity index (χ2n) is 4.04. The van der Waals surface area contributed by atoms with Gasteiger partial charge in [-0.25, -0.2) is 4.68 Å². The third-order valence-corrected chi connectivity index (χ3v) is 3.29. The van der Waals surface area contributed by atoms with E-state index in [0.717, 1.165) is 4.68 Å². The lowest BCUT2D eigenvalue weighted by atomic mass is 10.1. The second-order valence-corrected chi connectivity index (χ2v) is 4.42. The van der Waals surface area contributed by atoms with Crippen LogP contribution in [0.3, 0.4) is 0 Å². The Balaban J connectivity index is 2.28. The highest BCUT2D eigenvalue weighted by Gasteiger charge is 2.29. The summed E-state index contributed by atoms with van der Waals surface area (Å²) in [7, 11) is 1.52. The number of hydrogen-bond acceptors (Lipinski definition) is 4. The van der Waals surface area contributed by atoms with Crippen LogP contribution in [-0.4, -0.2) is 33.9 Å². The van der Waals surface area contributed by atoms with E-state index in [9.17, 15) is 9.59 Å². The van der Waals surface area contributed by atoms with E-state index in [1.54, 1.807) is 4.90 Å². The van der Waals surface area contributed by atoms with Gasteiger partial charge < -0.3 is 10.0 Å². The number of nitrogens with zero attached hydrogens (tertiary/aromatic N) is 3. The molecule has 0 spiro atoms. The maximum absolute atomic E-state index is 11.6. The number of hydrogen-bond donors (Lipinski definition) is 1. The molecule has 17 heavy (non-hydrogen) atoms. The highest BCUT2D eigenvalue weighted by atomic mass is 35.5. The lowest BCUT2D eigenvalue weighted by Gasteiger charge is -2.18. The van der Waals surface area contributed by atoms with Crippen molar-refractivity contribution >= 4 is 23.3 Å². The third kappa shape index (κ3) is 2.12. The number of aromatic nitrogens is 2. The van der Waals surface area contributed by atoms with Gasteiger partial charge in [0.15, 0.2) is 0 Å². The summed E-state index contributed by atoms with van der Waals surface area (Å²) in [5.74, 6) is -1.23.